The Kier molecular flexibility index (Phi) is 4.26. The molecule has 2 aromatic carbocycles. The molecule has 0 saturated heterocycles. The van der Waals surface area contributed by atoms with Crippen molar-refractivity contribution in [2.24, 2.45) is 0 Å². The molecule has 3 nitrogen and oxygen atoms in total. The number of ether oxygens (including phenoxy) is 1. The smallest absolute Gasteiger partial charge is 0.205 e. The molecule has 3 aromatic rings. The molecule has 0 bridgehead atoms. The number of rotatable bonds is 5. The topological polar surface area (TPSA) is 35.3 Å². The largest absolute Gasteiger partial charge is 0.497 e. The van der Waals surface area contributed by atoms with Crippen molar-refractivity contribution in [3.8, 4) is 17.1 Å². The summed E-state index contributed by atoms with van der Waals surface area (Å²) < 4.78 is 10.9. The molecule has 106 valence electrons. The standard InChI is InChI=1S/C17H15NO2S/c1-19-14-7-9-15(10-8-14)21-12-17-18-11-16(20-17)13-5-3-2-4-6-13/h2-11H,12H2,1H3. The van der Waals surface area contributed by atoms with Crippen LogP contribution in [-0.4, -0.2) is 12.1 Å². The van der Waals surface area contributed by atoms with Crippen LogP contribution < -0.4 is 4.74 Å². The van der Waals surface area contributed by atoms with Crippen molar-refractivity contribution < 1.29 is 9.15 Å². The molecule has 0 aliphatic carbocycles. The van der Waals surface area contributed by atoms with Crippen LogP contribution in [0.3, 0.4) is 0 Å². The van der Waals surface area contributed by atoms with Gasteiger partial charge in [-0.3, -0.25) is 0 Å². The van der Waals surface area contributed by atoms with Crippen molar-refractivity contribution in [2.45, 2.75) is 10.6 Å². The number of hydrogen-bond donors (Lipinski definition) is 0. The van der Waals surface area contributed by atoms with E-state index in [9.17, 15) is 0 Å². The lowest BCUT2D eigenvalue weighted by atomic mass is 10.2. The summed E-state index contributed by atoms with van der Waals surface area (Å²) in [5.74, 6) is 3.11. The molecule has 0 fully saturated rings. The van der Waals surface area contributed by atoms with Crippen molar-refractivity contribution in [1.82, 2.24) is 4.98 Å². The molecular weight excluding hydrogens is 282 g/mol. The zero-order valence-electron chi connectivity index (χ0n) is 11.7. The number of aromatic nitrogens is 1. The van der Waals surface area contributed by atoms with E-state index < -0.39 is 0 Å². The number of benzene rings is 2. The molecule has 0 atom stereocenters. The molecular formula is C17H15NO2S. The van der Waals surface area contributed by atoms with Crippen LogP contribution in [0.25, 0.3) is 11.3 Å². The van der Waals surface area contributed by atoms with Crippen molar-refractivity contribution in [3.05, 3.63) is 66.7 Å². The lowest BCUT2D eigenvalue weighted by molar-refractivity contribution is 0.414. The zero-order valence-corrected chi connectivity index (χ0v) is 12.5. The highest BCUT2D eigenvalue weighted by molar-refractivity contribution is 7.98. The third-order valence-corrected chi connectivity index (χ3v) is 4.03. The minimum atomic E-state index is 0.708. The first-order valence-corrected chi connectivity index (χ1v) is 7.61. The molecule has 1 heterocycles. The molecule has 0 saturated carbocycles. The second-order valence-electron chi connectivity index (χ2n) is 4.45. The van der Waals surface area contributed by atoms with E-state index in [1.54, 1.807) is 25.1 Å². The summed E-state index contributed by atoms with van der Waals surface area (Å²) in [6, 6.07) is 18.0. The first-order valence-electron chi connectivity index (χ1n) is 6.62. The summed E-state index contributed by atoms with van der Waals surface area (Å²) in [5.41, 5.74) is 1.05. The van der Waals surface area contributed by atoms with Crippen LogP contribution in [0.15, 0.2) is 70.1 Å². The number of oxazole rings is 1. The number of hydrogen-bond acceptors (Lipinski definition) is 4. The van der Waals surface area contributed by atoms with E-state index in [0.29, 0.717) is 5.75 Å². The van der Waals surface area contributed by atoms with Gasteiger partial charge in [-0.2, -0.15) is 0 Å². The highest BCUT2D eigenvalue weighted by atomic mass is 32.2. The van der Waals surface area contributed by atoms with Crippen LogP contribution in [0.5, 0.6) is 5.75 Å². The highest BCUT2D eigenvalue weighted by Gasteiger charge is 2.06. The van der Waals surface area contributed by atoms with E-state index in [2.05, 4.69) is 4.98 Å². The van der Waals surface area contributed by atoms with Crippen molar-refractivity contribution in [1.29, 1.82) is 0 Å². The van der Waals surface area contributed by atoms with E-state index in [1.807, 2.05) is 54.6 Å². The molecule has 0 radical (unpaired) electrons. The van der Waals surface area contributed by atoms with Crippen LogP contribution in [0.2, 0.25) is 0 Å². The summed E-state index contributed by atoms with van der Waals surface area (Å²) in [6.07, 6.45) is 1.78. The fourth-order valence-corrected chi connectivity index (χ4v) is 2.68. The maximum absolute atomic E-state index is 5.78. The minimum absolute atomic E-state index is 0.708. The summed E-state index contributed by atoms with van der Waals surface area (Å²) in [5, 5.41) is 0. The Morgan fingerprint density at radius 3 is 2.52 bits per heavy atom. The third kappa shape index (κ3) is 3.47. The van der Waals surface area contributed by atoms with E-state index in [-0.39, 0.29) is 0 Å². The lowest BCUT2D eigenvalue weighted by Crippen LogP contribution is -1.82. The molecule has 4 heteroatoms. The normalized spacial score (nSPS) is 10.5. The van der Waals surface area contributed by atoms with Gasteiger partial charge in [-0.05, 0) is 24.3 Å². The quantitative estimate of drug-likeness (QED) is 0.642. The van der Waals surface area contributed by atoms with Crippen molar-refractivity contribution >= 4 is 11.8 Å². The van der Waals surface area contributed by atoms with Gasteiger partial charge >= 0.3 is 0 Å². The molecule has 0 amide bonds. The van der Waals surface area contributed by atoms with Crippen LogP contribution in [0.1, 0.15) is 5.89 Å². The van der Waals surface area contributed by atoms with Crippen molar-refractivity contribution in [2.75, 3.05) is 7.11 Å². The van der Waals surface area contributed by atoms with Gasteiger partial charge in [-0.25, -0.2) is 4.98 Å². The number of nitrogens with zero attached hydrogens (tertiary/aromatic N) is 1. The number of thioether (sulfide) groups is 1. The Bertz CT molecular complexity index is 692. The maximum atomic E-state index is 5.78. The Morgan fingerprint density at radius 1 is 1.05 bits per heavy atom. The lowest BCUT2D eigenvalue weighted by Gasteiger charge is -2.01. The first-order chi connectivity index (χ1) is 10.3. The average molecular weight is 297 g/mol. The zero-order chi connectivity index (χ0) is 14.5. The molecule has 21 heavy (non-hydrogen) atoms. The second kappa shape index (κ2) is 6.50. The summed E-state index contributed by atoms with van der Waals surface area (Å²) in [7, 11) is 1.67. The van der Waals surface area contributed by atoms with E-state index in [0.717, 1.165) is 27.9 Å². The van der Waals surface area contributed by atoms with Gasteiger partial charge in [0.25, 0.3) is 0 Å². The van der Waals surface area contributed by atoms with E-state index in [4.69, 9.17) is 9.15 Å². The summed E-state index contributed by atoms with van der Waals surface area (Å²) in [6.45, 7) is 0. The fraction of sp³-hybridized carbons (Fsp3) is 0.118. The van der Waals surface area contributed by atoms with Gasteiger partial charge in [0, 0.05) is 10.5 Å². The highest BCUT2D eigenvalue weighted by Crippen LogP contribution is 2.26. The summed E-state index contributed by atoms with van der Waals surface area (Å²) >= 11 is 1.69. The van der Waals surface area contributed by atoms with Gasteiger partial charge in [0.1, 0.15) is 5.75 Å². The number of methoxy groups -OCH3 is 1. The molecule has 0 spiro atoms. The van der Waals surface area contributed by atoms with Crippen LogP contribution >= 0.6 is 11.8 Å². The predicted molar refractivity (Wildman–Crippen MR) is 84.5 cm³/mol. The Balaban J connectivity index is 1.64. The molecule has 3 rings (SSSR count). The molecule has 1 aromatic heterocycles. The molecule has 0 N–H and O–H groups in total. The predicted octanol–water partition coefficient (Wildman–Crippen LogP) is 4.64. The SMILES string of the molecule is COc1ccc(SCc2ncc(-c3ccccc3)o2)cc1. The van der Waals surface area contributed by atoms with Crippen molar-refractivity contribution in [3.63, 3.8) is 0 Å². The van der Waals surface area contributed by atoms with Gasteiger partial charge < -0.3 is 9.15 Å². The Labute approximate surface area is 128 Å². The monoisotopic (exact) mass is 297 g/mol. The van der Waals surface area contributed by atoms with E-state index >= 15 is 0 Å². The van der Waals surface area contributed by atoms with Crippen LogP contribution in [-0.2, 0) is 5.75 Å². The van der Waals surface area contributed by atoms with E-state index in [1.165, 1.54) is 0 Å². The maximum Gasteiger partial charge on any atom is 0.205 e. The van der Waals surface area contributed by atoms with Gasteiger partial charge in [0.05, 0.1) is 19.1 Å². The molecule has 0 aliphatic rings. The van der Waals surface area contributed by atoms with Gasteiger partial charge in [0.2, 0.25) is 5.89 Å². The first kappa shape index (κ1) is 13.8. The fourth-order valence-electron chi connectivity index (χ4n) is 1.93. The average Bonchev–Trinajstić information content (AvgIpc) is 3.03. The molecule has 0 unspecified atom stereocenters. The Hall–Kier alpha value is -2.20. The second-order valence-corrected chi connectivity index (χ2v) is 5.50. The van der Waals surface area contributed by atoms with Crippen LogP contribution in [0, 0.1) is 0 Å². The molecule has 0 aliphatic heterocycles. The van der Waals surface area contributed by atoms with Gasteiger partial charge in [-0.15, -0.1) is 11.8 Å². The van der Waals surface area contributed by atoms with Crippen LogP contribution in [0.4, 0.5) is 0 Å². The van der Waals surface area contributed by atoms with Gasteiger partial charge in [0.15, 0.2) is 5.76 Å². The summed E-state index contributed by atoms with van der Waals surface area (Å²) in [4.78, 5) is 5.49. The minimum Gasteiger partial charge on any atom is -0.497 e. The Morgan fingerprint density at radius 2 is 1.81 bits per heavy atom. The van der Waals surface area contributed by atoms with Gasteiger partial charge in [-0.1, -0.05) is 30.3 Å². The third-order valence-electron chi connectivity index (χ3n) is 3.03.